The van der Waals surface area contributed by atoms with Crippen molar-refractivity contribution in [2.75, 3.05) is 26.1 Å². The first-order chi connectivity index (χ1) is 8.54. The van der Waals surface area contributed by atoms with E-state index in [1.165, 1.54) is 0 Å². The number of nitrogens with one attached hydrogen (secondary N) is 1. The topological polar surface area (TPSA) is 73.6 Å². The van der Waals surface area contributed by atoms with Crippen LogP contribution in [-0.4, -0.2) is 32.3 Å². The summed E-state index contributed by atoms with van der Waals surface area (Å²) in [5.74, 6) is 0.0765. The molecule has 5 nitrogen and oxygen atoms in total. The van der Waals surface area contributed by atoms with Crippen LogP contribution in [0.1, 0.15) is 6.92 Å². The number of hydrogen-bond donors (Lipinski definition) is 2. The number of carbonyl (C=O) groups excluding carboxylic acids is 1. The number of nitrogen functional groups attached to an aromatic ring is 1. The van der Waals surface area contributed by atoms with Crippen molar-refractivity contribution >= 4 is 23.2 Å². The summed E-state index contributed by atoms with van der Waals surface area (Å²) in [4.78, 5) is 11.5. The van der Waals surface area contributed by atoms with Crippen molar-refractivity contribution in [1.82, 2.24) is 5.32 Å². The fourth-order valence-corrected chi connectivity index (χ4v) is 1.66. The molecule has 0 spiro atoms. The van der Waals surface area contributed by atoms with Crippen LogP contribution in [0, 0.1) is 0 Å². The molecule has 1 amide bonds. The van der Waals surface area contributed by atoms with Crippen LogP contribution >= 0.6 is 11.6 Å². The standard InChI is InChI=1S/C12H17ClN2O3/c1-8(6-17-2)15-11(16)7-18-12-9(13)4-3-5-10(12)14/h3-5,8H,6-7,14H2,1-2H3,(H,15,16). The van der Waals surface area contributed by atoms with Crippen LogP contribution in [0.15, 0.2) is 18.2 Å². The first-order valence-corrected chi connectivity index (χ1v) is 5.87. The number of ether oxygens (including phenoxy) is 2. The van der Waals surface area contributed by atoms with E-state index in [2.05, 4.69) is 5.32 Å². The highest BCUT2D eigenvalue weighted by atomic mass is 35.5. The molecule has 0 aliphatic carbocycles. The molecule has 0 fully saturated rings. The maximum Gasteiger partial charge on any atom is 0.258 e. The lowest BCUT2D eigenvalue weighted by atomic mass is 10.3. The van der Waals surface area contributed by atoms with E-state index in [-0.39, 0.29) is 18.6 Å². The van der Waals surface area contributed by atoms with E-state index in [9.17, 15) is 4.79 Å². The minimum atomic E-state index is -0.251. The Labute approximate surface area is 111 Å². The van der Waals surface area contributed by atoms with E-state index in [1.54, 1.807) is 25.3 Å². The summed E-state index contributed by atoms with van der Waals surface area (Å²) in [7, 11) is 1.57. The quantitative estimate of drug-likeness (QED) is 0.769. The summed E-state index contributed by atoms with van der Waals surface area (Å²) in [5.41, 5.74) is 6.10. The molecule has 0 heterocycles. The Morgan fingerprint density at radius 1 is 1.56 bits per heavy atom. The molecule has 0 bridgehead atoms. The van der Waals surface area contributed by atoms with Gasteiger partial charge in [0, 0.05) is 13.2 Å². The number of rotatable bonds is 6. The Bertz CT molecular complexity index is 392. The van der Waals surface area contributed by atoms with Gasteiger partial charge in [-0.25, -0.2) is 0 Å². The highest BCUT2D eigenvalue weighted by Crippen LogP contribution is 2.30. The second-order valence-corrected chi connectivity index (χ2v) is 4.28. The van der Waals surface area contributed by atoms with Gasteiger partial charge in [0.15, 0.2) is 12.4 Å². The predicted octanol–water partition coefficient (Wildman–Crippen LogP) is 1.45. The molecule has 0 radical (unpaired) electrons. The molecule has 100 valence electrons. The van der Waals surface area contributed by atoms with Gasteiger partial charge in [0.1, 0.15) is 0 Å². The highest BCUT2D eigenvalue weighted by Gasteiger charge is 2.10. The third-order valence-electron chi connectivity index (χ3n) is 2.17. The van der Waals surface area contributed by atoms with E-state index in [1.807, 2.05) is 6.92 Å². The lowest BCUT2D eigenvalue weighted by molar-refractivity contribution is -0.124. The summed E-state index contributed by atoms with van der Waals surface area (Å²) < 4.78 is 10.2. The van der Waals surface area contributed by atoms with E-state index >= 15 is 0 Å². The van der Waals surface area contributed by atoms with Gasteiger partial charge in [0.2, 0.25) is 0 Å². The first kappa shape index (κ1) is 14.6. The molecule has 0 aliphatic rings. The molecule has 0 aromatic heterocycles. The zero-order valence-corrected chi connectivity index (χ0v) is 11.2. The van der Waals surface area contributed by atoms with Gasteiger partial charge in [-0.05, 0) is 19.1 Å². The Balaban J connectivity index is 2.48. The smallest absolute Gasteiger partial charge is 0.258 e. The summed E-state index contributed by atoms with van der Waals surface area (Å²) in [6.07, 6.45) is 0. The van der Waals surface area contributed by atoms with Crippen LogP contribution in [0.25, 0.3) is 0 Å². The van der Waals surface area contributed by atoms with Crippen molar-refractivity contribution in [3.63, 3.8) is 0 Å². The molecule has 6 heteroatoms. The molecule has 18 heavy (non-hydrogen) atoms. The number of para-hydroxylation sites is 1. The third-order valence-corrected chi connectivity index (χ3v) is 2.47. The number of hydrogen-bond acceptors (Lipinski definition) is 4. The van der Waals surface area contributed by atoms with Gasteiger partial charge in [0.05, 0.1) is 17.3 Å². The number of carbonyl (C=O) groups is 1. The van der Waals surface area contributed by atoms with E-state index < -0.39 is 0 Å². The number of nitrogens with two attached hydrogens (primary N) is 1. The van der Waals surface area contributed by atoms with Crippen LogP contribution in [0.3, 0.4) is 0 Å². The fourth-order valence-electron chi connectivity index (χ4n) is 1.42. The van der Waals surface area contributed by atoms with E-state index in [0.29, 0.717) is 23.1 Å². The summed E-state index contributed by atoms with van der Waals surface area (Å²) >= 11 is 5.91. The Morgan fingerprint density at radius 3 is 2.89 bits per heavy atom. The first-order valence-electron chi connectivity index (χ1n) is 5.49. The van der Waals surface area contributed by atoms with Gasteiger partial charge < -0.3 is 20.5 Å². The molecule has 3 N–H and O–H groups in total. The maximum absolute atomic E-state index is 11.5. The molecule has 1 unspecified atom stereocenters. The van der Waals surface area contributed by atoms with Crippen LogP contribution < -0.4 is 15.8 Å². The minimum absolute atomic E-state index is 0.0744. The lowest BCUT2D eigenvalue weighted by Gasteiger charge is -2.14. The van der Waals surface area contributed by atoms with Gasteiger partial charge in [0.25, 0.3) is 5.91 Å². The second kappa shape index (κ2) is 7.08. The Hall–Kier alpha value is -1.46. The average Bonchev–Trinajstić information content (AvgIpc) is 2.28. The van der Waals surface area contributed by atoms with E-state index in [4.69, 9.17) is 26.8 Å². The normalized spacial score (nSPS) is 11.9. The molecular weight excluding hydrogens is 256 g/mol. The third kappa shape index (κ3) is 4.43. The summed E-state index contributed by atoms with van der Waals surface area (Å²) in [6, 6.07) is 4.95. The Morgan fingerprint density at radius 2 is 2.28 bits per heavy atom. The fraction of sp³-hybridized carbons (Fsp3) is 0.417. The van der Waals surface area contributed by atoms with Crippen molar-refractivity contribution in [2.24, 2.45) is 0 Å². The molecule has 1 aromatic rings. The molecule has 1 atom stereocenters. The van der Waals surface area contributed by atoms with Crippen LogP contribution in [0.5, 0.6) is 5.75 Å². The van der Waals surface area contributed by atoms with Crippen molar-refractivity contribution in [1.29, 1.82) is 0 Å². The number of halogens is 1. The molecule has 0 aliphatic heterocycles. The monoisotopic (exact) mass is 272 g/mol. The molecule has 0 saturated heterocycles. The van der Waals surface area contributed by atoms with Crippen molar-refractivity contribution in [2.45, 2.75) is 13.0 Å². The van der Waals surface area contributed by atoms with Gasteiger partial charge in [-0.15, -0.1) is 0 Å². The van der Waals surface area contributed by atoms with Crippen LogP contribution in [0.4, 0.5) is 5.69 Å². The SMILES string of the molecule is COCC(C)NC(=O)COc1c(N)cccc1Cl. The zero-order valence-electron chi connectivity index (χ0n) is 10.4. The summed E-state index contributed by atoms with van der Waals surface area (Å²) in [5, 5.41) is 3.10. The van der Waals surface area contributed by atoms with Crippen molar-refractivity contribution < 1.29 is 14.3 Å². The average molecular weight is 273 g/mol. The minimum Gasteiger partial charge on any atom is -0.480 e. The van der Waals surface area contributed by atoms with E-state index in [0.717, 1.165) is 0 Å². The largest absolute Gasteiger partial charge is 0.480 e. The van der Waals surface area contributed by atoms with Crippen LogP contribution in [0.2, 0.25) is 5.02 Å². The number of methoxy groups -OCH3 is 1. The Kier molecular flexibility index (Phi) is 5.74. The highest BCUT2D eigenvalue weighted by molar-refractivity contribution is 6.32. The van der Waals surface area contributed by atoms with Gasteiger partial charge in [-0.3, -0.25) is 4.79 Å². The van der Waals surface area contributed by atoms with Gasteiger partial charge in [-0.1, -0.05) is 17.7 Å². The lowest BCUT2D eigenvalue weighted by Crippen LogP contribution is -2.38. The summed E-state index contributed by atoms with van der Waals surface area (Å²) in [6.45, 7) is 2.15. The zero-order chi connectivity index (χ0) is 13.5. The van der Waals surface area contributed by atoms with Gasteiger partial charge in [-0.2, -0.15) is 0 Å². The number of amides is 1. The molecular formula is C12H17ClN2O3. The van der Waals surface area contributed by atoms with Crippen molar-refractivity contribution in [3.05, 3.63) is 23.2 Å². The molecule has 0 saturated carbocycles. The molecule has 1 aromatic carbocycles. The second-order valence-electron chi connectivity index (χ2n) is 3.87. The molecule has 1 rings (SSSR count). The van der Waals surface area contributed by atoms with Gasteiger partial charge >= 0.3 is 0 Å². The number of anilines is 1. The predicted molar refractivity (Wildman–Crippen MR) is 70.8 cm³/mol. The number of benzene rings is 1. The van der Waals surface area contributed by atoms with Crippen LogP contribution in [-0.2, 0) is 9.53 Å². The van der Waals surface area contributed by atoms with Crippen molar-refractivity contribution in [3.8, 4) is 5.75 Å². The maximum atomic E-state index is 11.5.